The Balaban J connectivity index is 1.98. The van der Waals surface area contributed by atoms with E-state index in [1.807, 2.05) is 38.1 Å². The predicted octanol–water partition coefficient (Wildman–Crippen LogP) is 2.19. The number of rotatable bonds is 8. The van der Waals surface area contributed by atoms with Crippen LogP contribution in [0.1, 0.15) is 32.8 Å². The Labute approximate surface area is 153 Å². The second kappa shape index (κ2) is 8.23. The van der Waals surface area contributed by atoms with Gasteiger partial charge in [0, 0.05) is 0 Å². The van der Waals surface area contributed by atoms with Gasteiger partial charge in [0.2, 0.25) is 0 Å². The molecule has 1 aliphatic heterocycles. The number of hydrogen-bond donors (Lipinski definition) is 2. The molecule has 2 atom stereocenters. The zero-order valence-corrected chi connectivity index (χ0v) is 15.6. The first-order valence-corrected chi connectivity index (χ1v) is 8.60. The number of ether oxygens (including phenoxy) is 2. The van der Waals surface area contributed by atoms with E-state index in [4.69, 9.17) is 9.47 Å². The maximum Gasteiger partial charge on any atom is 0.325 e. The Morgan fingerprint density at radius 1 is 1.35 bits per heavy atom. The van der Waals surface area contributed by atoms with Gasteiger partial charge >= 0.3 is 6.03 Å². The molecular weight excluding hydrogens is 336 g/mol. The topological polar surface area (TPSA) is 88.1 Å². The molecule has 1 heterocycles. The minimum atomic E-state index is -1.01. The van der Waals surface area contributed by atoms with Gasteiger partial charge in [-0.3, -0.25) is 9.69 Å². The van der Waals surface area contributed by atoms with Crippen molar-refractivity contribution in [2.75, 3.05) is 20.3 Å². The number of carbonyl (C=O) groups is 2. The summed E-state index contributed by atoms with van der Waals surface area (Å²) in [5, 5.41) is 12.9. The van der Waals surface area contributed by atoms with E-state index < -0.39 is 17.7 Å². The number of amides is 3. The molecule has 2 N–H and O–H groups in total. The summed E-state index contributed by atoms with van der Waals surface area (Å²) in [6.45, 7) is 5.23. The maximum atomic E-state index is 12.3. The van der Waals surface area contributed by atoms with Gasteiger partial charge in [-0.25, -0.2) is 4.79 Å². The van der Waals surface area contributed by atoms with E-state index in [1.54, 1.807) is 13.0 Å². The molecule has 7 heteroatoms. The largest absolute Gasteiger partial charge is 0.493 e. The lowest BCUT2D eigenvalue weighted by molar-refractivity contribution is -0.132. The summed E-state index contributed by atoms with van der Waals surface area (Å²) >= 11 is 0. The molecule has 1 fully saturated rings. The Morgan fingerprint density at radius 3 is 2.65 bits per heavy atom. The van der Waals surface area contributed by atoms with Crippen molar-refractivity contribution in [2.24, 2.45) is 0 Å². The number of aliphatic hydroxyl groups is 1. The number of imide groups is 1. The van der Waals surface area contributed by atoms with Gasteiger partial charge in [-0.1, -0.05) is 25.1 Å². The van der Waals surface area contributed by atoms with E-state index in [-0.39, 0.29) is 19.1 Å². The van der Waals surface area contributed by atoms with Crippen LogP contribution in [0.4, 0.5) is 4.79 Å². The Bertz CT molecular complexity index is 703. The number of β-amino-alcohol motifs (C(OH)–C–C–N with tert-alkyl or cyclic N) is 1. The van der Waals surface area contributed by atoms with Crippen LogP contribution in [0.2, 0.25) is 0 Å². The van der Waals surface area contributed by atoms with Crippen molar-refractivity contribution in [1.82, 2.24) is 10.2 Å². The van der Waals surface area contributed by atoms with Crippen molar-refractivity contribution in [3.05, 3.63) is 29.8 Å². The van der Waals surface area contributed by atoms with E-state index in [2.05, 4.69) is 5.32 Å². The Morgan fingerprint density at radius 2 is 2.08 bits per heavy atom. The molecule has 142 valence electrons. The molecule has 0 radical (unpaired) electrons. The number of benzene rings is 1. The second-order valence-corrected chi connectivity index (χ2v) is 6.41. The molecule has 0 bridgehead atoms. The van der Waals surface area contributed by atoms with Gasteiger partial charge < -0.3 is 19.9 Å². The zero-order chi connectivity index (χ0) is 19.3. The molecule has 1 aromatic rings. The molecule has 2 rings (SSSR count). The molecule has 2 unspecified atom stereocenters. The fourth-order valence-corrected chi connectivity index (χ4v) is 2.70. The van der Waals surface area contributed by atoms with Crippen molar-refractivity contribution in [3.63, 3.8) is 0 Å². The first kappa shape index (κ1) is 19.8. The fourth-order valence-electron chi connectivity index (χ4n) is 2.70. The van der Waals surface area contributed by atoms with Crippen LogP contribution in [-0.2, 0) is 4.79 Å². The molecule has 1 aliphatic rings. The van der Waals surface area contributed by atoms with Crippen molar-refractivity contribution >= 4 is 18.0 Å². The van der Waals surface area contributed by atoms with Crippen molar-refractivity contribution in [2.45, 2.75) is 38.8 Å². The lowest BCUT2D eigenvalue weighted by atomic mass is 9.99. The normalized spacial score (nSPS) is 21.2. The summed E-state index contributed by atoms with van der Waals surface area (Å²) < 4.78 is 10.9. The average molecular weight is 362 g/mol. The molecule has 1 aromatic carbocycles. The fraction of sp³-hybridized carbons (Fsp3) is 0.474. The summed E-state index contributed by atoms with van der Waals surface area (Å²) in [5.74, 6) is 0.689. The molecule has 0 aliphatic carbocycles. The molecular formula is C19H26N2O5. The lowest BCUT2D eigenvalue weighted by Gasteiger charge is -2.21. The summed E-state index contributed by atoms with van der Waals surface area (Å²) in [7, 11) is 1.54. The summed E-state index contributed by atoms with van der Waals surface area (Å²) in [6, 6.07) is 4.95. The SMILES string of the molecule is CC=Cc1ccc(OCC(O)CN2C(=O)NC(C)(CC)C2=O)c(OC)c1. The monoisotopic (exact) mass is 362 g/mol. The van der Waals surface area contributed by atoms with E-state index in [0.717, 1.165) is 10.5 Å². The van der Waals surface area contributed by atoms with Crippen LogP contribution >= 0.6 is 0 Å². The number of allylic oxidation sites excluding steroid dienone is 1. The third-order valence-electron chi connectivity index (χ3n) is 4.42. The van der Waals surface area contributed by atoms with Gasteiger partial charge in [0.15, 0.2) is 11.5 Å². The highest BCUT2D eigenvalue weighted by molar-refractivity contribution is 6.06. The number of aliphatic hydroxyl groups excluding tert-OH is 1. The molecule has 26 heavy (non-hydrogen) atoms. The lowest BCUT2D eigenvalue weighted by Crippen LogP contribution is -2.44. The number of carbonyl (C=O) groups excluding carboxylic acids is 2. The Kier molecular flexibility index (Phi) is 6.26. The van der Waals surface area contributed by atoms with Gasteiger partial charge in [-0.15, -0.1) is 0 Å². The molecule has 1 saturated heterocycles. The van der Waals surface area contributed by atoms with Crippen molar-refractivity contribution in [1.29, 1.82) is 0 Å². The first-order chi connectivity index (χ1) is 12.3. The van der Waals surface area contributed by atoms with Gasteiger partial charge in [0.05, 0.1) is 13.7 Å². The minimum Gasteiger partial charge on any atom is -0.493 e. The number of nitrogens with one attached hydrogen (secondary N) is 1. The smallest absolute Gasteiger partial charge is 0.325 e. The molecule has 0 spiro atoms. The van der Waals surface area contributed by atoms with Crippen LogP contribution in [0.15, 0.2) is 24.3 Å². The van der Waals surface area contributed by atoms with E-state index in [1.165, 1.54) is 7.11 Å². The average Bonchev–Trinajstić information content (AvgIpc) is 2.84. The number of methoxy groups -OCH3 is 1. The number of nitrogens with zero attached hydrogens (tertiary/aromatic N) is 1. The van der Waals surface area contributed by atoms with Crippen LogP contribution in [0.3, 0.4) is 0 Å². The molecule has 0 saturated carbocycles. The third kappa shape index (κ3) is 4.16. The predicted molar refractivity (Wildman–Crippen MR) is 98.1 cm³/mol. The van der Waals surface area contributed by atoms with Crippen LogP contribution < -0.4 is 14.8 Å². The van der Waals surface area contributed by atoms with Crippen LogP contribution in [-0.4, -0.2) is 53.8 Å². The molecule has 3 amide bonds. The first-order valence-electron chi connectivity index (χ1n) is 8.60. The summed E-state index contributed by atoms with van der Waals surface area (Å²) in [4.78, 5) is 25.4. The highest BCUT2D eigenvalue weighted by Gasteiger charge is 2.46. The van der Waals surface area contributed by atoms with E-state index in [9.17, 15) is 14.7 Å². The minimum absolute atomic E-state index is 0.0702. The standard InChI is InChI=1S/C19H26N2O5/c1-5-7-13-8-9-15(16(10-13)25-4)26-12-14(22)11-21-17(23)19(3,6-2)20-18(21)24/h5,7-10,14,22H,6,11-12H2,1-4H3,(H,20,24). The highest BCUT2D eigenvalue weighted by Crippen LogP contribution is 2.29. The quantitative estimate of drug-likeness (QED) is 0.692. The number of urea groups is 1. The maximum absolute atomic E-state index is 12.3. The zero-order valence-electron chi connectivity index (χ0n) is 15.6. The van der Waals surface area contributed by atoms with Crippen LogP contribution in [0.5, 0.6) is 11.5 Å². The van der Waals surface area contributed by atoms with Crippen molar-refractivity contribution < 1.29 is 24.2 Å². The van der Waals surface area contributed by atoms with E-state index in [0.29, 0.717) is 17.9 Å². The van der Waals surface area contributed by atoms with Crippen LogP contribution in [0.25, 0.3) is 6.08 Å². The van der Waals surface area contributed by atoms with Crippen LogP contribution in [0, 0.1) is 0 Å². The molecule has 0 aromatic heterocycles. The van der Waals surface area contributed by atoms with Gasteiger partial charge in [-0.2, -0.15) is 0 Å². The highest BCUT2D eigenvalue weighted by atomic mass is 16.5. The van der Waals surface area contributed by atoms with Gasteiger partial charge in [0.25, 0.3) is 5.91 Å². The summed E-state index contributed by atoms with van der Waals surface area (Å²) in [6.07, 6.45) is 3.32. The van der Waals surface area contributed by atoms with Crippen molar-refractivity contribution in [3.8, 4) is 11.5 Å². The molecule has 7 nitrogen and oxygen atoms in total. The third-order valence-corrected chi connectivity index (χ3v) is 4.42. The van der Waals surface area contributed by atoms with E-state index >= 15 is 0 Å². The second-order valence-electron chi connectivity index (χ2n) is 6.41. The number of hydrogen-bond acceptors (Lipinski definition) is 5. The Hall–Kier alpha value is -2.54. The van der Waals surface area contributed by atoms with Gasteiger partial charge in [0.1, 0.15) is 18.2 Å². The van der Waals surface area contributed by atoms with Gasteiger partial charge in [-0.05, 0) is 38.0 Å². The summed E-state index contributed by atoms with van der Waals surface area (Å²) in [5.41, 5.74) is 0.0548.